The van der Waals surface area contributed by atoms with Crippen molar-refractivity contribution in [1.82, 2.24) is 10.2 Å². The highest BCUT2D eigenvalue weighted by Crippen LogP contribution is 2.22. The van der Waals surface area contributed by atoms with Gasteiger partial charge in [-0.2, -0.15) is 5.10 Å². The maximum Gasteiger partial charge on any atom is 0.156 e. The van der Waals surface area contributed by atoms with Crippen molar-refractivity contribution in [2.24, 2.45) is 5.73 Å². The van der Waals surface area contributed by atoms with Crippen molar-refractivity contribution in [1.29, 1.82) is 0 Å². The minimum atomic E-state index is 0.257. The van der Waals surface area contributed by atoms with Crippen LogP contribution in [-0.4, -0.2) is 22.8 Å². The molecule has 4 heteroatoms. The third-order valence-electron chi connectivity index (χ3n) is 3.00. The molecule has 1 aromatic heterocycles. The van der Waals surface area contributed by atoms with Gasteiger partial charge >= 0.3 is 0 Å². The van der Waals surface area contributed by atoms with E-state index in [2.05, 4.69) is 27.6 Å². The Hall–Kier alpha value is -1.68. The van der Waals surface area contributed by atoms with Crippen LogP contribution in [0, 0.1) is 6.92 Å². The second-order valence-corrected chi connectivity index (χ2v) is 4.73. The summed E-state index contributed by atoms with van der Waals surface area (Å²) in [6, 6.07) is 8.46. The van der Waals surface area contributed by atoms with Crippen LogP contribution < -0.4 is 11.1 Å². The molecule has 0 saturated heterocycles. The lowest BCUT2D eigenvalue weighted by Gasteiger charge is -2.10. The van der Waals surface area contributed by atoms with Crippen molar-refractivity contribution < 1.29 is 0 Å². The lowest BCUT2D eigenvalue weighted by Crippen LogP contribution is -2.16. The fourth-order valence-electron chi connectivity index (χ4n) is 2.00. The molecule has 96 valence electrons. The topological polar surface area (TPSA) is 63.8 Å². The summed E-state index contributed by atoms with van der Waals surface area (Å²) in [5.41, 5.74) is 6.69. The highest BCUT2D eigenvalue weighted by Gasteiger charge is 2.05. The Balaban J connectivity index is 2.11. The molecule has 0 aliphatic rings. The van der Waals surface area contributed by atoms with E-state index < -0.39 is 0 Å². The normalized spacial score (nSPS) is 12.6. The van der Waals surface area contributed by atoms with Crippen molar-refractivity contribution in [3.8, 4) is 0 Å². The van der Waals surface area contributed by atoms with Crippen molar-refractivity contribution in [3.63, 3.8) is 0 Å². The van der Waals surface area contributed by atoms with Gasteiger partial charge < -0.3 is 11.1 Å². The molecule has 18 heavy (non-hydrogen) atoms. The number of benzene rings is 1. The van der Waals surface area contributed by atoms with Crippen LogP contribution in [0.15, 0.2) is 24.3 Å². The summed E-state index contributed by atoms with van der Waals surface area (Å²) in [6.07, 6.45) is 2.06. The molecule has 2 rings (SSSR count). The molecule has 0 radical (unpaired) electrons. The highest BCUT2D eigenvalue weighted by atomic mass is 15.2. The van der Waals surface area contributed by atoms with Gasteiger partial charge in [0.25, 0.3) is 0 Å². The van der Waals surface area contributed by atoms with Crippen LogP contribution in [0.25, 0.3) is 10.8 Å². The molecule has 1 atom stereocenters. The molecule has 1 heterocycles. The molecule has 0 fully saturated rings. The van der Waals surface area contributed by atoms with Crippen molar-refractivity contribution in [2.75, 3.05) is 11.9 Å². The number of rotatable bonds is 5. The van der Waals surface area contributed by atoms with Crippen LogP contribution in [0.1, 0.15) is 25.5 Å². The van der Waals surface area contributed by atoms with Crippen LogP contribution in [-0.2, 0) is 0 Å². The fraction of sp³-hybridized carbons (Fsp3) is 0.429. The minimum Gasteiger partial charge on any atom is -0.368 e. The van der Waals surface area contributed by atoms with Crippen molar-refractivity contribution in [3.05, 3.63) is 30.0 Å². The van der Waals surface area contributed by atoms with E-state index in [4.69, 9.17) is 5.73 Å². The third-order valence-corrected chi connectivity index (χ3v) is 3.00. The van der Waals surface area contributed by atoms with E-state index in [-0.39, 0.29) is 6.04 Å². The van der Waals surface area contributed by atoms with E-state index in [1.807, 2.05) is 26.0 Å². The SMILES string of the molecule is Cc1nnc(NCCCC(C)N)c2ccccc12. The summed E-state index contributed by atoms with van der Waals surface area (Å²) in [5.74, 6) is 0.862. The van der Waals surface area contributed by atoms with Crippen LogP contribution in [0.2, 0.25) is 0 Å². The Morgan fingerprint density at radius 3 is 2.67 bits per heavy atom. The standard InChI is InChI=1S/C14H20N4/c1-10(15)6-5-9-16-14-13-8-4-3-7-12(13)11(2)17-18-14/h3-4,7-8,10H,5-6,9,15H2,1-2H3,(H,16,18). The minimum absolute atomic E-state index is 0.257. The Morgan fingerprint density at radius 2 is 1.94 bits per heavy atom. The summed E-state index contributed by atoms with van der Waals surface area (Å²) in [5, 5.41) is 14.0. The maximum atomic E-state index is 5.73. The number of aryl methyl sites for hydroxylation is 1. The van der Waals surface area contributed by atoms with E-state index in [0.717, 1.165) is 41.7 Å². The number of nitrogens with zero attached hydrogens (tertiary/aromatic N) is 2. The van der Waals surface area contributed by atoms with Crippen LogP contribution >= 0.6 is 0 Å². The average molecular weight is 244 g/mol. The van der Waals surface area contributed by atoms with E-state index >= 15 is 0 Å². The quantitative estimate of drug-likeness (QED) is 0.793. The Bertz CT molecular complexity index is 522. The third kappa shape index (κ3) is 2.96. The van der Waals surface area contributed by atoms with Gasteiger partial charge in [0.05, 0.1) is 5.69 Å². The summed E-state index contributed by atoms with van der Waals surface area (Å²) in [4.78, 5) is 0. The Labute approximate surface area is 108 Å². The first-order valence-electron chi connectivity index (χ1n) is 6.40. The molecular formula is C14H20N4. The first-order valence-corrected chi connectivity index (χ1v) is 6.40. The highest BCUT2D eigenvalue weighted by molar-refractivity contribution is 5.92. The number of hydrogen-bond donors (Lipinski definition) is 2. The average Bonchev–Trinajstić information content (AvgIpc) is 2.37. The van der Waals surface area contributed by atoms with Crippen molar-refractivity contribution in [2.45, 2.75) is 32.7 Å². The van der Waals surface area contributed by atoms with E-state index in [0.29, 0.717) is 0 Å². The molecule has 0 amide bonds. The number of fused-ring (bicyclic) bond motifs is 1. The summed E-state index contributed by atoms with van der Waals surface area (Å²) in [6.45, 7) is 4.89. The van der Waals surface area contributed by atoms with Crippen LogP contribution in [0.4, 0.5) is 5.82 Å². The number of nitrogens with one attached hydrogen (secondary N) is 1. The molecule has 0 bridgehead atoms. The zero-order valence-corrected chi connectivity index (χ0v) is 11.0. The second kappa shape index (κ2) is 5.78. The van der Waals surface area contributed by atoms with Gasteiger partial charge in [0.15, 0.2) is 5.82 Å². The number of hydrogen-bond acceptors (Lipinski definition) is 4. The van der Waals surface area contributed by atoms with E-state index in [1.165, 1.54) is 0 Å². The van der Waals surface area contributed by atoms with Gasteiger partial charge in [-0.15, -0.1) is 5.10 Å². The number of aromatic nitrogens is 2. The van der Waals surface area contributed by atoms with Crippen LogP contribution in [0.3, 0.4) is 0 Å². The van der Waals surface area contributed by atoms with Gasteiger partial charge in [-0.1, -0.05) is 24.3 Å². The fourth-order valence-corrected chi connectivity index (χ4v) is 2.00. The molecule has 4 nitrogen and oxygen atoms in total. The van der Waals surface area contributed by atoms with Gasteiger partial charge in [0.1, 0.15) is 0 Å². The molecule has 3 N–H and O–H groups in total. The molecule has 0 aliphatic carbocycles. The smallest absolute Gasteiger partial charge is 0.156 e. The van der Waals surface area contributed by atoms with Gasteiger partial charge in [-0.25, -0.2) is 0 Å². The summed E-state index contributed by atoms with van der Waals surface area (Å²) >= 11 is 0. The first kappa shape index (κ1) is 12.8. The van der Waals surface area contributed by atoms with Gasteiger partial charge in [0, 0.05) is 23.4 Å². The molecular weight excluding hydrogens is 224 g/mol. The lowest BCUT2D eigenvalue weighted by atomic mass is 10.1. The van der Waals surface area contributed by atoms with E-state index in [1.54, 1.807) is 0 Å². The maximum absolute atomic E-state index is 5.73. The molecule has 0 spiro atoms. The second-order valence-electron chi connectivity index (χ2n) is 4.73. The molecule has 2 aromatic rings. The molecule has 0 saturated carbocycles. The molecule has 0 aliphatic heterocycles. The van der Waals surface area contributed by atoms with Crippen molar-refractivity contribution >= 4 is 16.6 Å². The van der Waals surface area contributed by atoms with Crippen LogP contribution in [0.5, 0.6) is 0 Å². The predicted molar refractivity (Wildman–Crippen MR) is 75.6 cm³/mol. The lowest BCUT2D eigenvalue weighted by molar-refractivity contribution is 0.638. The first-order chi connectivity index (χ1) is 8.68. The molecule has 1 aromatic carbocycles. The molecule has 1 unspecified atom stereocenters. The number of anilines is 1. The largest absolute Gasteiger partial charge is 0.368 e. The Morgan fingerprint density at radius 1 is 1.22 bits per heavy atom. The Kier molecular flexibility index (Phi) is 4.10. The zero-order chi connectivity index (χ0) is 13.0. The number of nitrogens with two attached hydrogens (primary N) is 1. The van der Waals surface area contributed by atoms with Gasteiger partial charge in [0.2, 0.25) is 0 Å². The summed E-state index contributed by atoms with van der Waals surface area (Å²) in [7, 11) is 0. The van der Waals surface area contributed by atoms with Gasteiger partial charge in [-0.05, 0) is 26.7 Å². The zero-order valence-electron chi connectivity index (χ0n) is 11.0. The monoisotopic (exact) mass is 244 g/mol. The van der Waals surface area contributed by atoms with E-state index in [9.17, 15) is 0 Å². The predicted octanol–water partition coefficient (Wildman–Crippen LogP) is 2.48. The summed E-state index contributed by atoms with van der Waals surface area (Å²) < 4.78 is 0. The van der Waals surface area contributed by atoms with Gasteiger partial charge in [-0.3, -0.25) is 0 Å².